The lowest BCUT2D eigenvalue weighted by atomic mass is 10.1. The smallest absolute Gasteiger partial charge is 0.340 e. The monoisotopic (exact) mass is 341 g/mol. The molecule has 0 saturated heterocycles. The Hall–Kier alpha value is -2.89. The fraction of sp³-hybridized carbons (Fsp3) is 0.316. The molecule has 0 radical (unpaired) electrons. The fourth-order valence-electron chi connectivity index (χ4n) is 2.58. The van der Waals surface area contributed by atoms with Crippen molar-refractivity contribution in [1.29, 1.82) is 0 Å². The maximum Gasteiger partial charge on any atom is 0.340 e. The normalized spacial score (nSPS) is 11.3. The number of benzene rings is 1. The summed E-state index contributed by atoms with van der Waals surface area (Å²) in [6.45, 7) is 9.44. The molecule has 132 valence electrons. The molecule has 0 fully saturated rings. The number of nitrogens with zero attached hydrogens (tertiary/aromatic N) is 1. The first-order chi connectivity index (χ1) is 11.8. The zero-order chi connectivity index (χ0) is 18.6. The number of amides is 1. The molecule has 0 aliphatic rings. The van der Waals surface area contributed by atoms with E-state index in [-0.39, 0.29) is 11.9 Å². The number of H-pyrrole nitrogens is 1. The van der Waals surface area contributed by atoms with Gasteiger partial charge >= 0.3 is 5.97 Å². The minimum atomic E-state index is -0.364. The predicted molar refractivity (Wildman–Crippen MR) is 97.1 cm³/mol. The molecule has 1 aromatic heterocycles. The highest BCUT2D eigenvalue weighted by atomic mass is 16.5. The number of aromatic amines is 1. The number of rotatable bonds is 5. The zero-order valence-corrected chi connectivity index (χ0v) is 15.2. The van der Waals surface area contributed by atoms with Crippen molar-refractivity contribution in [2.75, 3.05) is 6.61 Å². The third-order valence-electron chi connectivity index (χ3n) is 3.92. The highest BCUT2D eigenvalue weighted by Crippen LogP contribution is 2.19. The molecule has 0 saturated carbocycles. The van der Waals surface area contributed by atoms with Crippen LogP contribution in [0.4, 0.5) is 0 Å². The van der Waals surface area contributed by atoms with Gasteiger partial charge in [-0.25, -0.2) is 10.2 Å². The summed E-state index contributed by atoms with van der Waals surface area (Å²) >= 11 is 0. The number of carbonyl (C=O) groups is 2. The van der Waals surface area contributed by atoms with E-state index in [1.165, 1.54) is 0 Å². The third kappa shape index (κ3) is 4.15. The standard InChI is InChI=1S/C19H23N3O3/c1-6-25-19(24)16-12(3)17(20-13(16)4)14(5)21-22-18(23)15-9-7-11(2)8-10-15/h7-10,20H,6H2,1-5H3,(H,22,23)/b21-14+. The first kappa shape index (κ1) is 18.4. The minimum absolute atomic E-state index is 0.286. The largest absolute Gasteiger partial charge is 0.462 e. The second-order valence-electron chi connectivity index (χ2n) is 5.85. The molecule has 2 N–H and O–H groups in total. The Balaban J connectivity index is 2.19. The van der Waals surface area contributed by atoms with Crippen molar-refractivity contribution in [3.05, 3.63) is 57.9 Å². The van der Waals surface area contributed by atoms with Crippen LogP contribution in [0.5, 0.6) is 0 Å². The number of aryl methyl sites for hydroxylation is 2. The number of hydrogen-bond donors (Lipinski definition) is 2. The molecule has 1 aromatic carbocycles. The summed E-state index contributed by atoms with van der Waals surface area (Å²) < 4.78 is 5.08. The van der Waals surface area contributed by atoms with E-state index in [1.807, 2.05) is 26.0 Å². The van der Waals surface area contributed by atoms with Crippen molar-refractivity contribution in [3.63, 3.8) is 0 Å². The van der Waals surface area contributed by atoms with E-state index in [4.69, 9.17) is 4.74 Å². The Morgan fingerprint density at radius 1 is 1.16 bits per heavy atom. The van der Waals surface area contributed by atoms with Crippen molar-refractivity contribution in [2.45, 2.75) is 34.6 Å². The molecule has 0 aliphatic carbocycles. The van der Waals surface area contributed by atoms with Gasteiger partial charge in [-0.05, 0) is 52.3 Å². The van der Waals surface area contributed by atoms with Gasteiger partial charge in [0.1, 0.15) is 0 Å². The van der Waals surface area contributed by atoms with Gasteiger partial charge in [-0.15, -0.1) is 0 Å². The lowest BCUT2D eigenvalue weighted by Crippen LogP contribution is -2.19. The van der Waals surface area contributed by atoms with Crippen LogP contribution in [0.2, 0.25) is 0 Å². The van der Waals surface area contributed by atoms with Crippen LogP contribution in [0.25, 0.3) is 0 Å². The fourth-order valence-corrected chi connectivity index (χ4v) is 2.58. The number of hydrogen-bond acceptors (Lipinski definition) is 4. The van der Waals surface area contributed by atoms with Crippen LogP contribution >= 0.6 is 0 Å². The second kappa shape index (κ2) is 7.79. The molecular weight excluding hydrogens is 318 g/mol. The average molecular weight is 341 g/mol. The average Bonchev–Trinajstić information content (AvgIpc) is 2.88. The molecule has 0 spiro atoms. The van der Waals surface area contributed by atoms with Crippen molar-refractivity contribution in [3.8, 4) is 0 Å². The zero-order valence-electron chi connectivity index (χ0n) is 15.2. The molecule has 1 amide bonds. The van der Waals surface area contributed by atoms with Crippen LogP contribution in [0, 0.1) is 20.8 Å². The van der Waals surface area contributed by atoms with Gasteiger partial charge in [0.2, 0.25) is 0 Å². The van der Waals surface area contributed by atoms with Crippen LogP contribution in [0.3, 0.4) is 0 Å². The van der Waals surface area contributed by atoms with E-state index in [1.54, 1.807) is 32.9 Å². The number of hydrazone groups is 1. The molecule has 2 rings (SSSR count). The van der Waals surface area contributed by atoms with Gasteiger partial charge in [0, 0.05) is 11.3 Å². The maximum atomic E-state index is 12.1. The molecule has 6 nitrogen and oxygen atoms in total. The molecule has 0 unspecified atom stereocenters. The van der Waals surface area contributed by atoms with E-state index in [9.17, 15) is 9.59 Å². The molecule has 0 atom stereocenters. The third-order valence-corrected chi connectivity index (χ3v) is 3.92. The maximum absolute atomic E-state index is 12.1. The van der Waals surface area contributed by atoms with Crippen molar-refractivity contribution >= 4 is 17.6 Å². The topological polar surface area (TPSA) is 83.6 Å². The summed E-state index contributed by atoms with van der Waals surface area (Å²) in [6.07, 6.45) is 0. The Kier molecular flexibility index (Phi) is 5.75. The van der Waals surface area contributed by atoms with Crippen molar-refractivity contribution < 1.29 is 14.3 Å². The second-order valence-corrected chi connectivity index (χ2v) is 5.85. The number of esters is 1. The van der Waals surface area contributed by atoms with Gasteiger partial charge in [0.05, 0.1) is 23.6 Å². The lowest BCUT2D eigenvalue weighted by molar-refractivity contribution is 0.0525. The quantitative estimate of drug-likeness (QED) is 0.497. The van der Waals surface area contributed by atoms with Gasteiger partial charge in [-0.2, -0.15) is 5.10 Å². The Labute approximate surface area is 147 Å². The van der Waals surface area contributed by atoms with Crippen LogP contribution in [0.15, 0.2) is 29.4 Å². The number of ether oxygens (including phenoxy) is 1. The first-order valence-electron chi connectivity index (χ1n) is 8.13. The Bertz CT molecular complexity index is 817. The summed E-state index contributed by atoms with van der Waals surface area (Å²) in [4.78, 5) is 27.3. The molecular formula is C19H23N3O3. The van der Waals surface area contributed by atoms with Crippen molar-refractivity contribution in [2.24, 2.45) is 5.10 Å². The summed E-state index contributed by atoms with van der Waals surface area (Å²) in [5.41, 5.74) is 7.41. The summed E-state index contributed by atoms with van der Waals surface area (Å²) in [6, 6.07) is 7.24. The molecule has 0 aliphatic heterocycles. The molecule has 0 bridgehead atoms. The minimum Gasteiger partial charge on any atom is -0.462 e. The molecule has 25 heavy (non-hydrogen) atoms. The first-order valence-corrected chi connectivity index (χ1v) is 8.13. The van der Waals surface area contributed by atoms with Gasteiger partial charge in [-0.1, -0.05) is 17.7 Å². The molecule has 1 heterocycles. The molecule has 2 aromatic rings. The summed E-state index contributed by atoms with van der Waals surface area (Å²) in [5, 5.41) is 4.15. The van der Waals surface area contributed by atoms with Crippen molar-refractivity contribution in [1.82, 2.24) is 10.4 Å². The molecule has 6 heteroatoms. The van der Waals surface area contributed by atoms with E-state index >= 15 is 0 Å². The van der Waals surface area contributed by atoms with E-state index < -0.39 is 0 Å². The van der Waals surface area contributed by atoms with Gasteiger partial charge in [0.25, 0.3) is 5.91 Å². The van der Waals surface area contributed by atoms with Gasteiger partial charge < -0.3 is 9.72 Å². The van der Waals surface area contributed by atoms with Gasteiger partial charge in [0.15, 0.2) is 0 Å². The Morgan fingerprint density at radius 3 is 2.40 bits per heavy atom. The van der Waals surface area contributed by atoms with Crippen LogP contribution < -0.4 is 5.43 Å². The lowest BCUT2D eigenvalue weighted by Gasteiger charge is -2.04. The number of aromatic nitrogens is 1. The van der Waals surface area contributed by atoms with Crippen LogP contribution in [0.1, 0.15) is 57.1 Å². The Morgan fingerprint density at radius 2 is 1.80 bits per heavy atom. The summed E-state index contributed by atoms with van der Waals surface area (Å²) in [5.74, 6) is -0.651. The predicted octanol–water partition coefficient (Wildman–Crippen LogP) is 3.27. The van der Waals surface area contributed by atoms with Gasteiger partial charge in [-0.3, -0.25) is 4.79 Å². The number of carbonyl (C=O) groups excluding carboxylic acids is 2. The highest BCUT2D eigenvalue weighted by molar-refractivity contribution is 6.04. The van der Waals surface area contributed by atoms with E-state index in [2.05, 4.69) is 15.5 Å². The highest BCUT2D eigenvalue weighted by Gasteiger charge is 2.20. The number of nitrogens with one attached hydrogen (secondary N) is 2. The van der Waals surface area contributed by atoms with E-state index in [0.717, 1.165) is 11.1 Å². The summed E-state index contributed by atoms with van der Waals surface area (Å²) in [7, 11) is 0. The van der Waals surface area contributed by atoms with Crippen LogP contribution in [-0.4, -0.2) is 29.2 Å². The van der Waals surface area contributed by atoms with Crippen LogP contribution in [-0.2, 0) is 4.74 Å². The SMILES string of the molecule is CCOC(=O)c1c(C)[nH]c(/C(C)=N/NC(=O)c2ccc(C)cc2)c1C. The van der Waals surface area contributed by atoms with E-state index in [0.29, 0.717) is 34.8 Å².